The molecule has 0 spiro atoms. The molecule has 0 saturated carbocycles. The van der Waals surface area contributed by atoms with Gasteiger partial charge in [-0.2, -0.15) is 0 Å². The summed E-state index contributed by atoms with van der Waals surface area (Å²) in [6, 6.07) is 14.3. The van der Waals surface area contributed by atoms with Crippen molar-refractivity contribution in [3.8, 4) is 17.2 Å². The van der Waals surface area contributed by atoms with Crippen LogP contribution in [0.3, 0.4) is 0 Å². The summed E-state index contributed by atoms with van der Waals surface area (Å²) < 4.78 is 35.1. The van der Waals surface area contributed by atoms with Gasteiger partial charge in [0.15, 0.2) is 17.3 Å². The molecule has 0 unspecified atom stereocenters. The van der Waals surface area contributed by atoms with Crippen LogP contribution in [-0.2, 0) is 6.61 Å². The Morgan fingerprint density at radius 2 is 1.83 bits per heavy atom. The van der Waals surface area contributed by atoms with Crippen LogP contribution in [-0.4, -0.2) is 19.1 Å². The first-order chi connectivity index (χ1) is 14.1. The molecule has 2 heterocycles. The summed E-state index contributed by atoms with van der Waals surface area (Å²) in [4.78, 5) is 12.5. The maximum absolute atomic E-state index is 12.9. The highest BCUT2D eigenvalue weighted by atomic mass is 19.1. The molecule has 0 aliphatic carbocycles. The van der Waals surface area contributed by atoms with Gasteiger partial charge in [0.2, 0.25) is 0 Å². The first kappa shape index (κ1) is 18.9. The predicted octanol–water partition coefficient (Wildman–Crippen LogP) is 4.26. The molecule has 2 aromatic carbocycles. The summed E-state index contributed by atoms with van der Waals surface area (Å²) in [7, 11) is 0. The normalized spacial score (nSPS) is 13.6. The Hall–Kier alpha value is -3.48. The SMILES string of the molecule is C[C@@H](NC(=O)c1ccc(COc2ccc(F)cc2)o1)c1ccc2c(c1)OCCO2. The quantitative estimate of drug-likeness (QED) is 0.673. The molecule has 1 aliphatic heterocycles. The lowest BCUT2D eigenvalue weighted by Crippen LogP contribution is -2.26. The number of furan rings is 1. The van der Waals surface area contributed by atoms with Crippen molar-refractivity contribution in [3.05, 3.63) is 77.5 Å². The lowest BCUT2D eigenvalue weighted by atomic mass is 10.1. The maximum Gasteiger partial charge on any atom is 0.287 e. The lowest BCUT2D eigenvalue weighted by molar-refractivity contribution is 0.0907. The molecule has 1 aromatic heterocycles. The van der Waals surface area contributed by atoms with Crippen LogP contribution in [0, 0.1) is 5.82 Å². The molecule has 1 N–H and O–H groups in total. The number of halogens is 1. The maximum atomic E-state index is 12.9. The lowest BCUT2D eigenvalue weighted by Gasteiger charge is -2.21. The highest BCUT2D eigenvalue weighted by Crippen LogP contribution is 2.32. The van der Waals surface area contributed by atoms with Gasteiger partial charge in [-0.05, 0) is 61.0 Å². The van der Waals surface area contributed by atoms with Crippen LogP contribution < -0.4 is 19.5 Å². The predicted molar refractivity (Wildman–Crippen MR) is 103 cm³/mol. The molecule has 4 rings (SSSR count). The Morgan fingerprint density at radius 3 is 2.62 bits per heavy atom. The Kier molecular flexibility index (Phi) is 5.37. The second-order valence-corrected chi connectivity index (χ2v) is 6.61. The fourth-order valence-electron chi connectivity index (χ4n) is 2.94. The molecule has 1 aliphatic rings. The largest absolute Gasteiger partial charge is 0.486 e. The van der Waals surface area contributed by atoms with E-state index in [1.807, 2.05) is 25.1 Å². The standard InChI is InChI=1S/C22H20FNO5/c1-14(15-2-8-19-21(12-15)27-11-10-26-19)24-22(25)20-9-7-18(29-20)13-28-17-5-3-16(23)4-6-17/h2-9,12,14H,10-11,13H2,1H3,(H,24,25)/t14-/m1/s1. The van der Waals surface area contributed by atoms with Crippen molar-refractivity contribution in [2.45, 2.75) is 19.6 Å². The van der Waals surface area contributed by atoms with Crippen LogP contribution in [0.25, 0.3) is 0 Å². The molecular formula is C22H20FNO5. The average molecular weight is 397 g/mol. The number of amides is 1. The van der Waals surface area contributed by atoms with Gasteiger partial charge in [0.1, 0.15) is 37.1 Å². The number of rotatable bonds is 6. The smallest absolute Gasteiger partial charge is 0.287 e. The van der Waals surface area contributed by atoms with Crippen LogP contribution in [0.1, 0.15) is 34.8 Å². The molecule has 1 amide bonds. The summed E-state index contributed by atoms with van der Waals surface area (Å²) in [5.74, 6) is 1.91. The Labute approximate surface area is 167 Å². The molecule has 0 radical (unpaired) electrons. The number of benzene rings is 2. The number of nitrogens with one attached hydrogen (secondary N) is 1. The highest BCUT2D eigenvalue weighted by Gasteiger charge is 2.18. The number of hydrogen-bond acceptors (Lipinski definition) is 5. The molecule has 29 heavy (non-hydrogen) atoms. The zero-order valence-corrected chi connectivity index (χ0v) is 15.8. The molecule has 0 fully saturated rings. The second kappa shape index (κ2) is 8.26. The van der Waals surface area contributed by atoms with Crippen LogP contribution in [0.4, 0.5) is 4.39 Å². The monoisotopic (exact) mass is 397 g/mol. The van der Waals surface area contributed by atoms with E-state index in [1.165, 1.54) is 24.3 Å². The number of hydrogen-bond donors (Lipinski definition) is 1. The molecule has 6 nitrogen and oxygen atoms in total. The van der Waals surface area contributed by atoms with Crippen molar-refractivity contribution in [1.82, 2.24) is 5.32 Å². The molecule has 0 saturated heterocycles. The minimum absolute atomic E-state index is 0.136. The van der Waals surface area contributed by atoms with E-state index in [-0.39, 0.29) is 30.1 Å². The van der Waals surface area contributed by atoms with Crippen molar-refractivity contribution in [2.24, 2.45) is 0 Å². The van der Waals surface area contributed by atoms with Crippen molar-refractivity contribution in [3.63, 3.8) is 0 Å². The van der Waals surface area contributed by atoms with Crippen molar-refractivity contribution >= 4 is 5.91 Å². The number of carbonyl (C=O) groups is 1. The highest BCUT2D eigenvalue weighted by molar-refractivity contribution is 5.91. The fraction of sp³-hybridized carbons (Fsp3) is 0.227. The van der Waals surface area contributed by atoms with E-state index in [9.17, 15) is 9.18 Å². The van der Waals surface area contributed by atoms with E-state index >= 15 is 0 Å². The average Bonchev–Trinajstić information content (AvgIpc) is 3.22. The van der Waals surface area contributed by atoms with E-state index in [4.69, 9.17) is 18.6 Å². The van der Waals surface area contributed by atoms with Crippen molar-refractivity contribution < 1.29 is 27.8 Å². The minimum Gasteiger partial charge on any atom is -0.486 e. The molecule has 1 atom stereocenters. The van der Waals surface area contributed by atoms with Gasteiger partial charge in [0, 0.05) is 0 Å². The van der Waals surface area contributed by atoms with E-state index < -0.39 is 0 Å². The topological polar surface area (TPSA) is 69.9 Å². The summed E-state index contributed by atoms with van der Waals surface area (Å²) in [5, 5.41) is 2.90. The molecule has 7 heteroatoms. The van der Waals surface area contributed by atoms with E-state index in [1.54, 1.807) is 12.1 Å². The van der Waals surface area contributed by atoms with Gasteiger partial charge in [0.05, 0.1) is 6.04 Å². The summed E-state index contributed by atoms with van der Waals surface area (Å²) in [6.07, 6.45) is 0. The summed E-state index contributed by atoms with van der Waals surface area (Å²) >= 11 is 0. The third kappa shape index (κ3) is 4.51. The van der Waals surface area contributed by atoms with E-state index in [0.29, 0.717) is 36.2 Å². The molecule has 150 valence electrons. The van der Waals surface area contributed by atoms with Gasteiger partial charge in [-0.3, -0.25) is 4.79 Å². The number of carbonyl (C=O) groups excluding carboxylic acids is 1. The van der Waals surface area contributed by atoms with Gasteiger partial charge in [0.25, 0.3) is 5.91 Å². The Bertz CT molecular complexity index is 999. The van der Waals surface area contributed by atoms with Crippen LogP contribution >= 0.6 is 0 Å². The van der Waals surface area contributed by atoms with Gasteiger partial charge in [-0.15, -0.1) is 0 Å². The third-order valence-electron chi connectivity index (χ3n) is 4.49. The van der Waals surface area contributed by atoms with Gasteiger partial charge < -0.3 is 23.9 Å². The Morgan fingerprint density at radius 1 is 1.07 bits per heavy atom. The zero-order chi connectivity index (χ0) is 20.2. The van der Waals surface area contributed by atoms with Crippen LogP contribution in [0.5, 0.6) is 17.2 Å². The summed E-state index contributed by atoms with van der Waals surface area (Å²) in [5.41, 5.74) is 0.897. The summed E-state index contributed by atoms with van der Waals surface area (Å²) in [6.45, 7) is 3.05. The molecule has 0 bridgehead atoms. The fourth-order valence-corrected chi connectivity index (χ4v) is 2.94. The minimum atomic E-state index is -0.333. The van der Waals surface area contributed by atoms with E-state index in [0.717, 1.165) is 5.56 Å². The number of ether oxygens (including phenoxy) is 3. The molecule has 3 aromatic rings. The Balaban J connectivity index is 1.35. The van der Waals surface area contributed by atoms with Gasteiger partial charge >= 0.3 is 0 Å². The molecular weight excluding hydrogens is 377 g/mol. The van der Waals surface area contributed by atoms with Crippen LogP contribution in [0.2, 0.25) is 0 Å². The van der Waals surface area contributed by atoms with Gasteiger partial charge in [-0.25, -0.2) is 4.39 Å². The number of fused-ring (bicyclic) bond motifs is 1. The second-order valence-electron chi connectivity index (χ2n) is 6.61. The zero-order valence-electron chi connectivity index (χ0n) is 15.8. The van der Waals surface area contributed by atoms with Crippen LogP contribution in [0.15, 0.2) is 59.0 Å². The third-order valence-corrected chi connectivity index (χ3v) is 4.49. The first-order valence-corrected chi connectivity index (χ1v) is 9.26. The van der Waals surface area contributed by atoms with Gasteiger partial charge in [-0.1, -0.05) is 6.07 Å². The first-order valence-electron chi connectivity index (χ1n) is 9.26. The van der Waals surface area contributed by atoms with E-state index in [2.05, 4.69) is 5.32 Å². The van der Waals surface area contributed by atoms with Crippen molar-refractivity contribution in [2.75, 3.05) is 13.2 Å². The van der Waals surface area contributed by atoms with Crippen molar-refractivity contribution in [1.29, 1.82) is 0 Å².